The lowest BCUT2D eigenvalue weighted by Gasteiger charge is -2.09. The van der Waals surface area contributed by atoms with Crippen molar-refractivity contribution in [3.8, 4) is 5.75 Å². The second-order valence-corrected chi connectivity index (χ2v) is 6.32. The van der Waals surface area contributed by atoms with Gasteiger partial charge in [0, 0.05) is 22.9 Å². The van der Waals surface area contributed by atoms with E-state index in [9.17, 15) is 4.79 Å². The van der Waals surface area contributed by atoms with Crippen LogP contribution in [0.5, 0.6) is 5.75 Å². The number of nitrogens with zero attached hydrogens (tertiary/aromatic N) is 2. The number of ether oxygens (including phenoxy) is 1. The number of aryl methyl sites for hydroxylation is 1. The second-order valence-electron chi connectivity index (χ2n) is 5.88. The maximum atomic E-state index is 12.5. The zero-order valence-electron chi connectivity index (χ0n) is 15.0. The van der Waals surface area contributed by atoms with Gasteiger partial charge in [0.05, 0.1) is 7.11 Å². The number of halogens is 1. The van der Waals surface area contributed by atoms with Crippen LogP contribution in [-0.4, -0.2) is 23.0 Å². The molecule has 7 heteroatoms. The van der Waals surface area contributed by atoms with Crippen LogP contribution in [0.1, 0.15) is 21.7 Å². The fraction of sp³-hybridized carbons (Fsp3) is 0.150. The van der Waals surface area contributed by atoms with Gasteiger partial charge in [0.1, 0.15) is 11.4 Å². The fourth-order valence-electron chi connectivity index (χ4n) is 2.45. The lowest BCUT2D eigenvalue weighted by atomic mass is 10.2. The van der Waals surface area contributed by atoms with E-state index in [0.717, 1.165) is 17.0 Å². The van der Waals surface area contributed by atoms with E-state index in [0.29, 0.717) is 28.9 Å². The van der Waals surface area contributed by atoms with E-state index in [-0.39, 0.29) is 5.91 Å². The van der Waals surface area contributed by atoms with Crippen LogP contribution in [0.2, 0.25) is 5.02 Å². The third kappa shape index (κ3) is 5.18. The van der Waals surface area contributed by atoms with Gasteiger partial charge in [0.15, 0.2) is 0 Å². The first-order valence-corrected chi connectivity index (χ1v) is 8.71. The molecule has 0 saturated carbocycles. The van der Waals surface area contributed by atoms with E-state index in [4.69, 9.17) is 16.3 Å². The number of carbonyl (C=O) groups excluding carboxylic acids is 1. The monoisotopic (exact) mass is 382 g/mol. The van der Waals surface area contributed by atoms with E-state index in [2.05, 4.69) is 20.6 Å². The molecule has 3 aromatic rings. The van der Waals surface area contributed by atoms with Gasteiger partial charge in [-0.25, -0.2) is 9.97 Å². The summed E-state index contributed by atoms with van der Waals surface area (Å²) >= 11 is 5.99. The van der Waals surface area contributed by atoms with Gasteiger partial charge in [-0.1, -0.05) is 29.8 Å². The van der Waals surface area contributed by atoms with Crippen molar-refractivity contribution in [1.29, 1.82) is 0 Å². The number of benzene rings is 2. The lowest BCUT2D eigenvalue weighted by Crippen LogP contribution is -2.24. The maximum Gasteiger partial charge on any atom is 0.270 e. The molecule has 0 saturated heterocycles. The highest BCUT2D eigenvalue weighted by Gasteiger charge is 2.11. The van der Waals surface area contributed by atoms with Crippen LogP contribution in [0.15, 0.2) is 54.6 Å². The van der Waals surface area contributed by atoms with Gasteiger partial charge in [-0.2, -0.15) is 0 Å². The molecule has 0 radical (unpaired) electrons. The van der Waals surface area contributed by atoms with Crippen molar-refractivity contribution >= 4 is 29.1 Å². The summed E-state index contributed by atoms with van der Waals surface area (Å²) in [5.41, 5.74) is 2.69. The van der Waals surface area contributed by atoms with E-state index in [1.807, 2.05) is 43.3 Å². The summed E-state index contributed by atoms with van der Waals surface area (Å²) in [5, 5.41) is 6.53. The highest BCUT2D eigenvalue weighted by Crippen LogP contribution is 2.18. The highest BCUT2D eigenvalue weighted by molar-refractivity contribution is 6.30. The van der Waals surface area contributed by atoms with E-state index < -0.39 is 0 Å². The van der Waals surface area contributed by atoms with Crippen LogP contribution >= 0.6 is 11.6 Å². The number of methoxy groups -OCH3 is 1. The molecule has 138 valence electrons. The topological polar surface area (TPSA) is 76.1 Å². The Balaban J connectivity index is 1.69. The van der Waals surface area contributed by atoms with Gasteiger partial charge >= 0.3 is 0 Å². The maximum absolute atomic E-state index is 12.5. The molecule has 0 atom stereocenters. The molecule has 2 aromatic carbocycles. The number of carbonyl (C=O) groups is 1. The van der Waals surface area contributed by atoms with Crippen LogP contribution < -0.4 is 15.4 Å². The van der Waals surface area contributed by atoms with Crippen molar-refractivity contribution in [1.82, 2.24) is 15.3 Å². The molecule has 0 bridgehead atoms. The smallest absolute Gasteiger partial charge is 0.270 e. The molecular formula is C20H19ClN4O2. The molecule has 0 fully saturated rings. The Kier molecular flexibility index (Phi) is 5.88. The van der Waals surface area contributed by atoms with Crippen LogP contribution in [0.3, 0.4) is 0 Å². The SMILES string of the molecule is COc1ccc(CNC(=O)c2cc(C)nc(Nc3cccc(Cl)c3)n2)cc1. The zero-order valence-corrected chi connectivity index (χ0v) is 15.7. The largest absolute Gasteiger partial charge is 0.497 e. The van der Waals surface area contributed by atoms with E-state index in [1.165, 1.54) is 0 Å². The van der Waals surface area contributed by atoms with E-state index >= 15 is 0 Å². The first-order chi connectivity index (χ1) is 13.0. The van der Waals surface area contributed by atoms with Crippen molar-refractivity contribution < 1.29 is 9.53 Å². The molecule has 0 unspecified atom stereocenters. The molecule has 0 aliphatic carbocycles. The zero-order chi connectivity index (χ0) is 19.2. The summed E-state index contributed by atoms with van der Waals surface area (Å²) in [5.74, 6) is 0.838. The molecule has 3 rings (SSSR count). The van der Waals surface area contributed by atoms with Crippen molar-refractivity contribution in [2.24, 2.45) is 0 Å². The minimum absolute atomic E-state index is 0.273. The Hall–Kier alpha value is -3.12. The first-order valence-electron chi connectivity index (χ1n) is 8.33. The fourth-order valence-corrected chi connectivity index (χ4v) is 2.64. The molecule has 2 N–H and O–H groups in total. The Labute approximate surface area is 162 Å². The van der Waals surface area contributed by atoms with Crippen LogP contribution in [-0.2, 0) is 6.54 Å². The molecule has 27 heavy (non-hydrogen) atoms. The Morgan fingerprint density at radius 1 is 1.11 bits per heavy atom. The predicted octanol–water partition coefficient (Wildman–Crippen LogP) is 4.12. The Bertz CT molecular complexity index is 945. The summed E-state index contributed by atoms with van der Waals surface area (Å²) in [6.07, 6.45) is 0. The molecule has 1 heterocycles. The van der Waals surface area contributed by atoms with Crippen molar-refractivity contribution in [3.05, 3.63) is 76.6 Å². The Morgan fingerprint density at radius 2 is 1.89 bits per heavy atom. The minimum Gasteiger partial charge on any atom is -0.497 e. The molecule has 0 aliphatic heterocycles. The average molecular weight is 383 g/mol. The van der Waals surface area contributed by atoms with E-state index in [1.54, 1.807) is 25.3 Å². The third-order valence-corrected chi connectivity index (χ3v) is 4.01. The number of rotatable bonds is 6. The van der Waals surface area contributed by atoms with Gasteiger partial charge in [-0.3, -0.25) is 4.79 Å². The Morgan fingerprint density at radius 3 is 2.59 bits per heavy atom. The summed E-state index contributed by atoms with van der Waals surface area (Å²) in [6.45, 7) is 2.20. The number of amides is 1. The van der Waals surface area contributed by atoms with Gasteiger partial charge in [-0.15, -0.1) is 0 Å². The molecule has 0 aliphatic rings. The number of anilines is 2. The van der Waals surface area contributed by atoms with Crippen LogP contribution in [0, 0.1) is 6.92 Å². The summed E-state index contributed by atoms with van der Waals surface area (Å²) in [7, 11) is 1.61. The van der Waals surface area contributed by atoms with Gasteiger partial charge < -0.3 is 15.4 Å². The lowest BCUT2D eigenvalue weighted by molar-refractivity contribution is 0.0945. The molecule has 1 aromatic heterocycles. The summed E-state index contributed by atoms with van der Waals surface area (Å²) < 4.78 is 5.13. The number of hydrogen-bond donors (Lipinski definition) is 2. The average Bonchev–Trinajstić information content (AvgIpc) is 2.66. The molecule has 1 amide bonds. The van der Waals surface area contributed by atoms with Crippen LogP contribution in [0.25, 0.3) is 0 Å². The second kappa shape index (κ2) is 8.51. The molecule has 0 spiro atoms. The van der Waals surface area contributed by atoms with Gasteiger partial charge in [0.25, 0.3) is 5.91 Å². The van der Waals surface area contributed by atoms with Gasteiger partial charge in [0.2, 0.25) is 5.95 Å². The minimum atomic E-state index is -0.273. The number of hydrogen-bond acceptors (Lipinski definition) is 5. The quantitative estimate of drug-likeness (QED) is 0.670. The summed E-state index contributed by atoms with van der Waals surface area (Å²) in [6, 6.07) is 16.4. The first kappa shape index (κ1) is 18.7. The van der Waals surface area contributed by atoms with Crippen molar-refractivity contribution in [2.75, 3.05) is 12.4 Å². The van der Waals surface area contributed by atoms with Crippen molar-refractivity contribution in [3.63, 3.8) is 0 Å². The standard InChI is InChI=1S/C20H19ClN4O2/c1-13-10-18(19(26)22-12-14-6-8-17(27-2)9-7-14)25-20(23-13)24-16-5-3-4-15(21)11-16/h3-11H,12H2,1-2H3,(H,22,26)(H,23,24,25). The number of aromatic nitrogens is 2. The summed E-state index contributed by atoms with van der Waals surface area (Å²) in [4.78, 5) is 21.1. The normalized spacial score (nSPS) is 10.3. The van der Waals surface area contributed by atoms with Gasteiger partial charge in [-0.05, 0) is 48.9 Å². The highest BCUT2D eigenvalue weighted by atomic mass is 35.5. The van der Waals surface area contributed by atoms with Crippen molar-refractivity contribution in [2.45, 2.75) is 13.5 Å². The van der Waals surface area contributed by atoms with Crippen LogP contribution in [0.4, 0.5) is 11.6 Å². The number of nitrogens with one attached hydrogen (secondary N) is 2. The molecule has 6 nitrogen and oxygen atoms in total. The predicted molar refractivity (Wildman–Crippen MR) is 106 cm³/mol. The molecular weight excluding hydrogens is 364 g/mol. The third-order valence-electron chi connectivity index (χ3n) is 3.78.